The molecule has 0 N–H and O–H groups in total. The molecule has 3 nitrogen and oxygen atoms in total. The predicted molar refractivity (Wildman–Crippen MR) is 229 cm³/mol. The van der Waals surface area contributed by atoms with Crippen LogP contribution in [0, 0.1) is 23.7 Å². The van der Waals surface area contributed by atoms with Crippen LogP contribution in [-0.4, -0.2) is 16.6 Å². The highest BCUT2D eigenvalue weighted by Gasteiger charge is 2.54. The lowest BCUT2D eigenvalue weighted by Crippen LogP contribution is -2.46. The summed E-state index contributed by atoms with van der Waals surface area (Å²) >= 11 is 0. The van der Waals surface area contributed by atoms with Crippen LogP contribution in [0.15, 0.2) is 194 Å². The maximum absolute atomic E-state index is 4.43. The van der Waals surface area contributed by atoms with E-state index in [4.69, 9.17) is 0 Å². The second-order valence-electron chi connectivity index (χ2n) is 16.7. The van der Waals surface area contributed by atoms with Crippen molar-refractivity contribution in [3.8, 4) is 22.3 Å². The summed E-state index contributed by atoms with van der Waals surface area (Å²) in [6.07, 6.45) is 28.0. The summed E-state index contributed by atoms with van der Waals surface area (Å²) in [4.78, 5) is 9.54. The van der Waals surface area contributed by atoms with Crippen molar-refractivity contribution in [2.24, 2.45) is 23.7 Å². The largest absolute Gasteiger partial charge is 0.355 e. The second kappa shape index (κ2) is 12.8. The van der Waals surface area contributed by atoms with Crippen LogP contribution in [0.4, 0.5) is 17.1 Å². The number of pyridine rings is 1. The summed E-state index contributed by atoms with van der Waals surface area (Å²) in [5.74, 6) is 1.38. The van der Waals surface area contributed by atoms with Gasteiger partial charge in [-0.15, -0.1) is 0 Å². The minimum absolute atomic E-state index is 0.0839. The van der Waals surface area contributed by atoms with Gasteiger partial charge in [-0.3, -0.25) is 4.98 Å². The summed E-state index contributed by atoms with van der Waals surface area (Å²) in [6, 6.07) is 40.3. The molecule has 4 aromatic carbocycles. The smallest absolute Gasteiger partial charge is 0.0635 e. The van der Waals surface area contributed by atoms with Crippen LogP contribution in [0.5, 0.6) is 0 Å². The lowest BCUT2D eigenvalue weighted by Gasteiger charge is -2.40. The molecule has 1 aliphatic heterocycles. The predicted octanol–water partition coefficient (Wildman–Crippen LogP) is 12.4. The van der Waals surface area contributed by atoms with Crippen molar-refractivity contribution in [1.29, 1.82) is 0 Å². The van der Waals surface area contributed by atoms with Crippen LogP contribution in [0.3, 0.4) is 0 Å². The van der Waals surface area contributed by atoms with Crippen LogP contribution < -0.4 is 9.80 Å². The van der Waals surface area contributed by atoms with Crippen LogP contribution in [0.25, 0.3) is 22.3 Å². The van der Waals surface area contributed by atoms with Gasteiger partial charge in [0.2, 0.25) is 0 Å². The van der Waals surface area contributed by atoms with E-state index in [1.54, 1.807) is 0 Å². The van der Waals surface area contributed by atoms with Crippen molar-refractivity contribution in [2.75, 3.05) is 9.80 Å². The average molecular weight is 714 g/mol. The van der Waals surface area contributed by atoms with Crippen molar-refractivity contribution in [3.05, 3.63) is 205 Å². The highest BCUT2D eigenvalue weighted by atomic mass is 15.3. The van der Waals surface area contributed by atoms with Crippen LogP contribution in [0.2, 0.25) is 0 Å². The molecule has 55 heavy (non-hydrogen) atoms. The van der Waals surface area contributed by atoms with Gasteiger partial charge in [-0.25, -0.2) is 0 Å². The molecule has 10 rings (SSSR count). The molecule has 5 aliphatic rings. The Hall–Kier alpha value is -5.93. The van der Waals surface area contributed by atoms with E-state index >= 15 is 0 Å². The summed E-state index contributed by atoms with van der Waals surface area (Å²) < 4.78 is 0. The quantitative estimate of drug-likeness (QED) is 0.175. The van der Waals surface area contributed by atoms with Crippen LogP contribution in [-0.2, 0) is 5.41 Å². The summed E-state index contributed by atoms with van der Waals surface area (Å²) in [6.45, 7) is 9.53. The van der Waals surface area contributed by atoms with Crippen molar-refractivity contribution in [2.45, 2.75) is 44.7 Å². The molecule has 0 radical (unpaired) electrons. The molecule has 0 spiro atoms. The molecule has 5 unspecified atom stereocenters. The molecule has 4 aliphatic carbocycles. The van der Waals surface area contributed by atoms with Crippen molar-refractivity contribution in [1.82, 2.24) is 4.98 Å². The maximum Gasteiger partial charge on any atom is 0.0635 e. The van der Waals surface area contributed by atoms with Gasteiger partial charge in [-0.2, -0.15) is 0 Å². The van der Waals surface area contributed by atoms with Crippen molar-refractivity contribution < 1.29 is 0 Å². The zero-order valence-electron chi connectivity index (χ0n) is 32.0. The first-order chi connectivity index (χ1) is 26.8. The van der Waals surface area contributed by atoms with Crippen LogP contribution in [0.1, 0.15) is 38.8 Å². The van der Waals surface area contributed by atoms with Gasteiger partial charge in [-0.05, 0) is 94.8 Å². The van der Waals surface area contributed by atoms with E-state index in [2.05, 4.69) is 206 Å². The topological polar surface area (TPSA) is 19.4 Å². The number of rotatable bonds is 6. The van der Waals surface area contributed by atoms with Gasteiger partial charge in [-0.1, -0.05) is 142 Å². The number of fused-ring (bicyclic) bond motifs is 6. The first-order valence-corrected chi connectivity index (χ1v) is 19.9. The lowest BCUT2D eigenvalue weighted by molar-refractivity contribution is 0.431. The van der Waals surface area contributed by atoms with Gasteiger partial charge < -0.3 is 9.80 Å². The third kappa shape index (κ3) is 5.35. The number of benzene rings is 4. The molecule has 1 fully saturated rings. The molecule has 1 saturated heterocycles. The Morgan fingerprint density at radius 1 is 0.673 bits per heavy atom. The third-order valence-electron chi connectivity index (χ3n) is 13.1. The molecular formula is C52H47N3. The summed E-state index contributed by atoms with van der Waals surface area (Å²) in [5.41, 5.74) is 13.8. The molecule has 0 amide bonds. The molecule has 2 heterocycles. The Morgan fingerprint density at radius 3 is 2.31 bits per heavy atom. The zero-order chi connectivity index (χ0) is 37.3. The van der Waals surface area contributed by atoms with E-state index in [-0.39, 0.29) is 16.9 Å². The highest BCUT2D eigenvalue weighted by molar-refractivity contribution is 5.85. The lowest BCUT2D eigenvalue weighted by atomic mass is 9.73. The first-order valence-electron chi connectivity index (χ1n) is 19.9. The highest BCUT2D eigenvalue weighted by Crippen LogP contribution is 2.53. The van der Waals surface area contributed by atoms with E-state index in [0.29, 0.717) is 23.8 Å². The Balaban J connectivity index is 1.02. The fourth-order valence-corrected chi connectivity index (χ4v) is 10.4. The molecule has 1 aromatic heterocycles. The zero-order valence-corrected chi connectivity index (χ0v) is 32.0. The van der Waals surface area contributed by atoms with Crippen LogP contribution >= 0.6 is 0 Å². The van der Waals surface area contributed by atoms with E-state index in [1.165, 1.54) is 44.9 Å². The molecule has 270 valence electrons. The maximum atomic E-state index is 4.43. The fourth-order valence-electron chi connectivity index (χ4n) is 10.4. The van der Waals surface area contributed by atoms with Crippen molar-refractivity contribution >= 4 is 17.1 Å². The third-order valence-corrected chi connectivity index (χ3v) is 13.1. The number of hydrogen-bond acceptors (Lipinski definition) is 3. The Kier molecular flexibility index (Phi) is 7.85. The van der Waals surface area contributed by atoms with Gasteiger partial charge in [0.05, 0.1) is 11.6 Å². The monoisotopic (exact) mass is 713 g/mol. The SMILES string of the molecule is CC1C=C(N(c2cccc(-c3cccnc3)c2)c2ccc3c(c2)C(C)(C)c2ccccc2-3)C=CC1C1=CC2C(C=C1)N(c1ccccc1)C1(C)C=CC=C[C@H]21. The van der Waals surface area contributed by atoms with Gasteiger partial charge in [0.25, 0.3) is 0 Å². The van der Waals surface area contributed by atoms with Gasteiger partial charge in [0, 0.05) is 63.9 Å². The number of nitrogens with zero attached hydrogens (tertiary/aromatic N) is 3. The Morgan fingerprint density at radius 2 is 1.47 bits per heavy atom. The summed E-state index contributed by atoms with van der Waals surface area (Å²) in [7, 11) is 0. The first kappa shape index (κ1) is 33.6. The number of allylic oxidation sites excluding steroid dienone is 7. The minimum atomic E-state index is -0.0896. The number of aromatic nitrogens is 1. The molecule has 0 bridgehead atoms. The van der Waals surface area contributed by atoms with Gasteiger partial charge >= 0.3 is 0 Å². The molecule has 0 saturated carbocycles. The van der Waals surface area contributed by atoms with E-state index in [1.807, 2.05) is 18.5 Å². The number of hydrogen-bond donors (Lipinski definition) is 0. The summed E-state index contributed by atoms with van der Waals surface area (Å²) in [5, 5.41) is 0. The average Bonchev–Trinajstić information content (AvgIpc) is 3.62. The van der Waals surface area contributed by atoms with Crippen molar-refractivity contribution in [3.63, 3.8) is 0 Å². The fraction of sp³-hybridized carbons (Fsp3) is 0.212. The van der Waals surface area contributed by atoms with Gasteiger partial charge in [0.15, 0.2) is 0 Å². The second-order valence-corrected chi connectivity index (χ2v) is 16.7. The van der Waals surface area contributed by atoms with E-state index in [0.717, 1.165) is 16.8 Å². The Labute approximate surface area is 326 Å². The Bertz CT molecular complexity index is 2480. The van der Waals surface area contributed by atoms with Gasteiger partial charge in [0.1, 0.15) is 0 Å². The number of anilines is 3. The molecule has 5 aromatic rings. The van der Waals surface area contributed by atoms with E-state index < -0.39 is 0 Å². The molecule has 3 heteroatoms. The standard InChI is InChI=1S/C52H47N3/c1-35-30-41(23-25-43(35)37-22-27-50-46(32-37)48-21-10-11-28-52(48,4)55(50)39-16-6-5-7-17-39)54(40-18-12-14-36(31-40)38-15-13-29-53-34-38)42-24-26-45-44-19-8-9-20-47(44)51(2,3)49(45)33-42/h5-35,43,46,48,50H,1-4H3/t35?,43?,46?,48-,50?,52?/m1/s1. The minimum Gasteiger partial charge on any atom is -0.355 e. The number of para-hydroxylation sites is 1. The van der Waals surface area contributed by atoms with E-state index in [9.17, 15) is 0 Å². The normalized spacial score (nSPS) is 26.5. The molecular weight excluding hydrogens is 667 g/mol. The molecule has 6 atom stereocenters.